The van der Waals surface area contributed by atoms with Gasteiger partial charge < -0.3 is 15.5 Å². The molecule has 3 atom stereocenters. The topological polar surface area (TPSA) is 44.4 Å². The molecule has 0 spiro atoms. The molecule has 4 nitrogen and oxygen atoms in total. The van der Waals surface area contributed by atoms with E-state index < -0.39 is 0 Å². The first-order valence-electron chi connectivity index (χ1n) is 8.92. The predicted octanol–water partition coefficient (Wildman–Crippen LogP) is 2.00. The highest BCUT2D eigenvalue weighted by atomic mass is 16.2. The van der Waals surface area contributed by atoms with Gasteiger partial charge in [-0.1, -0.05) is 26.7 Å². The molecule has 2 heterocycles. The van der Waals surface area contributed by atoms with E-state index in [9.17, 15) is 4.79 Å². The minimum Gasteiger partial charge on any atom is -0.354 e. The lowest BCUT2D eigenvalue weighted by Crippen LogP contribution is -2.50. The summed E-state index contributed by atoms with van der Waals surface area (Å²) >= 11 is 0. The summed E-state index contributed by atoms with van der Waals surface area (Å²) in [5.74, 6) is 1.46. The number of nitrogens with one attached hydrogen (secondary N) is 2. The molecule has 0 bridgehead atoms. The van der Waals surface area contributed by atoms with Crippen molar-refractivity contribution in [3.05, 3.63) is 0 Å². The Kier molecular flexibility index (Phi) is 6.97. The van der Waals surface area contributed by atoms with Crippen molar-refractivity contribution in [1.29, 1.82) is 0 Å². The number of likely N-dealkylation sites (tertiary alicyclic amines) is 1. The summed E-state index contributed by atoms with van der Waals surface area (Å²) in [6.07, 6.45) is 7.46. The van der Waals surface area contributed by atoms with Crippen LogP contribution in [0.4, 0.5) is 0 Å². The lowest BCUT2D eigenvalue weighted by atomic mass is 9.90. The van der Waals surface area contributed by atoms with Gasteiger partial charge >= 0.3 is 0 Å². The van der Waals surface area contributed by atoms with Crippen LogP contribution < -0.4 is 10.6 Å². The molecule has 2 aliphatic rings. The van der Waals surface area contributed by atoms with Crippen molar-refractivity contribution < 1.29 is 4.79 Å². The Bertz CT molecular complexity index is 315. The summed E-state index contributed by atoms with van der Waals surface area (Å²) in [6, 6.07) is 0.0332. The summed E-state index contributed by atoms with van der Waals surface area (Å²) in [5, 5.41) is 6.52. The molecule has 2 saturated heterocycles. The molecular weight excluding hydrogens is 262 g/mol. The normalized spacial score (nSPS) is 29.0. The molecule has 122 valence electrons. The Morgan fingerprint density at radius 1 is 1.33 bits per heavy atom. The molecule has 21 heavy (non-hydrogen) atoms. The summed E-state index contributed by atoms with van der Waals surface area (Å²) in [6.45, 7) is 9.87. The molecular formula is C17H33N3O. The fourth-order valence-electron chi connectivity index (χ4n) is 3.61. The fourth-order valence-corrected chi connectivity index (χ4v) is 3.61. The Labute approximate surface area is 130 Å². The second-order valence-electron chi connectivity index (χ2n) is 7.02. The van der Waals surface area contributed by atoms with Crippen LogP contribution in [-0.4, -0.2) is 49.6 Å². The zero-order valence-corrected chi connectivity index (χ0v) is 13.9. The Morgan fingerprint density at radius 2 is 2.10 bits per heavy atom. The van der Waals surface area contributed by atoms with Crippen LogP contribution in [0.3, 0.4) is 0 Å². The summed E-state index contributed by atoms with van der Waals surface area (Å²) in [4.78, 5) is 14.8. The van der Waals surface area contributed by atoms with Gasteiger partial charge in [-0.2, -0.15) is 0 Å². The first-order chi connectivity index (χ1) is 10.2. The van der Waals surface area contributed by atoms with E-state index in [1.807, 2.05) is 0 Å². The average Bonchev–Trinajstić information content (AvgIpc) is 2.53. The van der Waals surface area contributed by atoms with Gasteiger partial charge in [0.15, 0.2) is 0 Å². The van der Waals surface area contributed by atoms with Crippen LogP contribution in [0.1, 0.15) is 52.4 Å². The quantitative estimate of drug-likeness (QED) is 0.788. The third kappa shape index (κ3) is 5.59. The Morgan fingerprint density at radius 3 is 2.81 bits per heavy atom. The van der Waals surface area contributed by atoms with Crippen LogP contribution in [0.2, 0.25) is 0 Å². The van der Waals surface area contributed by atoms with Crippen molar-refractivity contribution >= 4 is 5.91 Å². The van der Waals surface area contributed by atoms with Crippen LogP contribution >= 0.6 is 0 Å². The highest BCUT2D eigenvalue weighted by molar-refractivity contribution is 5.81. The van der Waals surface area contributed by atoms with E-state index in [0.29, 0.717) is 11.8 Å². The molecule has 0 saturated carbocycles. The van der Waals surface area contributed by atoms with Crippen LogP contribution in [0.5, 0.6) is 0 Å². The van der Waals surface area contributed by atoms with E-state index in [4.69, 9.17) is 0 Å². The smallest absolute Gasteiger partial charge is 0.237 e. The van der Waals surface area contributed by atoms with Crippen molar-refractivity contribution in [1.82, 2.24) is 15.5 Å². The summed E-state index contributed by atoms with van der Waals surface area (Å²) in [7, 11) is 0. The average molecular weight is 295 g/mol. The van der Waals surface area contributed by atoms with Crippen molar-refractivity contribution in [2.45, 2.75) is 58.4 Å². The number of piperidine rings is 2. The van der Waals surface area contributed by atoms with E-state index in [1.165, 1.54) is 45.2 Å². The van der Waals surface area contributed by atoms with Gasteiger partial charge in [-0.3, -0.25) is 4.79 Å². The summed E-state index contributed by atoms with van der Waals surface area (Å²) < 4.78 is 0. The maximum Gasteiger partial charge on any atom is 0.237 e. The molecule has 2 aliphatic heterocycles. The van der Waals surface area contributed by atoms with Crippen molar-refractivity contribution in [3.8, 4) is 0 Å². The van der Waals surface area contributed by atoms with Gasteiger partial charge in [0.1, 0.15) is 0 Å². The van der Waals surface area contributed by atoms with Crippen LogP contribution in [-0.2, 0) is 4.79 Å². The molecule has 3 unspecified atom stereocenters. The van der Waals surface area contributed by atoms with Crippen molar-refractivity contribution in [2.24, 2.45) is 11.8 Å². The van der Waals surface area contributed by atoms with Gasteiger partial charge in [-0.05, 0) is 57.2 Å². The van der Waals surface area contributed by atoms with Crippen molar-refractivity contribution in [3.63, 3.8) is 0 Å². The third-order valence-electron chi connectivity index (χ3n) is 5.05. The molecule has 0 aromatic rings. The van der Waals surface area contributed by atoms with Gasteiger partial charge in [0.2, 0.25) is 5.91 Å². The van der Waals surface area contributed by atoms with Crippen LogP contribution in [0.15, 0.2) is 0 Å². The molecule has 0 aromatic heterocycles. The number of hydrogen-bond donors (Lipinski definition) is 2. The van der Waals surface area contributed by atoms with E-state index in [-0.39, 0.29) is 11.9 Å². The van der Waals surface area contributed by atoms with Gasteiger partial charge in [0.05, 0.1) is 6.04 Å². The standard InChI is InChI=1S/C17H33N3O/c1-3-15-7-8-18-16(11-15)17(21)19-12-14(2)13-20-9-5-4-6-10-20/h14-16,18H,3-13H2,1-2H3,(H,19,21). The second kappa shape index (κ2) is 8.74. The molecule has 2 N–H and O–H groups in total. The Balaban J connectivity index is 1.65. The molecule has 0 radical (unpaired) electrons. The number of nitrogens with zero attached hydrogens (tertiary/aromatic N) is 1. The number of amides is 1. The molecule has 2 fully saturated rings. The maximum absolute atomic E-state index is 12.3. The third-order valence-corrected chi connectivity index (χ3v) is 5.05. The zero-order valence-electron chi connectivity index (χ0n) is 13.9. The van der Waals surface area contributed by atoms with Crippen LogP contribution in [0, 0.1) is 11.8 Å². The van der Waals surface area contributed by atoms with E-state index in [1.54, 1.807) is 0 Å². The molecule has 1 amide bonds. The number of carbonyl (C=O) groups is 1. The van der Waals surface area contributed by atoms with Gasteiger partial charge in [-0.15, -0.1) is 0 Å². The van der Waals surface area contributed by atoms with E-state index in [2.05, 4.69) is 29.4 Å². The first kappa shape index (κ1) is 16.8. The predicted molar refractivity (Wildman–Crippen MR) is 87.3 cm³/mol. The minimum atomic E-state index is 0.0332. The summed E-state index contributed by atoms with van der Waals surface area (Å²) in [5.41, 5.74) is 0. The number of rotatable bonds is 6. The largest absolute Gasteiger partial charge is 0.354 e. The highest BCUT2D eigenvalue weighted by Crippen LogP contribution is 2.19. The van der Waals surface area contributed by atoms with E-state index >= 15 is 0 Å². The van der Waals surface area contributed by atoms with Gasteiger partial charge in [0.25, 0.3) is 0 Å². The fraction of sp³-hybridized carbons (Fsp3) is 0.941. The zero-order chi connectivity index (χ0) is 15.1. The minimum absolute atomic E-state index is 0.0332. The van der Waals surface area contributed by atoms with Gasteiger partial charge in [0, 0.05) is 13.1 Å². The van der Waals surface area contributed by atoms with Crippen LogP contribution in [0.25, 0.3) is 0 Å². The molecule has 0 aliphatic carbocycles. The van der Waals surface area contributed by atoms with Gasteiger partial charge in [-0.25, -0.2) is 0 Å². The maximum atomic E-state index is 12.3. The van der Waals surface area contributed by atoms with Crippen molar-refractivity contribution in [2.75, 3.05) is 32.7 Å². The highest BCUT2D eigenvalue weighted by Gasteiger charge is 2.26. The number of carbonyl (C=O) groups excluding carboxylic acids is 1. The lowest BCUT2D eigenvalue weighted by Gasteiger charge is -2.31. The molecule has 2 rings (SSSR count). The Hall–Kier alpha value is -0.610. The second-order valence-corrected chi connectivity index (χ2v) is 7.02. The number of hydrogen-bond acceptors (Lipinski definition) is 3. The SMILES string of the molecule is CCC1CCNC(C(=O)NCC(C)CN2CCCCC2)C1. The first-order valence-corrected chi connectivity index (χ1v) is 8.92. The monoisotopic (exact) mass is 295 g/mol. The molecule has 0 aromatic carbocycles. The van der Waals surface area contributed by atoms with E-state index in [0.717, 1.165) is 26.1 Å². The lowest BCUT2D eigenvalue weighted by molar-refractivity contribution is -0.124. The molecule has 4 heteroatoms.